The maximum absolute atomic E-state index is 12.5. The van der Waals surface area contributed by atoms with Gasteiger partial charge in [0.05, 0.1) is 28.0 Å². The van der Waals surface area contributed by atoms with E-state index in [1.807, 2.05) is 0 Å². The first-order valence-corrected chi connectivity index (χ1v) is 11.5. The fraction of sp³-hybridized carbons (Fsp3) is 0.438. The Morgan fingerprint density at radius 3 is 2.57 bits per heavy atom. The number of hydrogen-bond donors (Lipinski definition) is 5. The number of nitrogens with one attached hydrogen (secondary N) is 3. The monoisotopic (exact) mass is 469 g/mol. The van der Waals surface area contributed by atoms with Crippen molar-refractivity contribution in [2.45, 2.75) is 30.6 Å². The molecule has 1 heterocycles. The van der Waals surface area contributed by atoms with E-state index >= 15 is 0 Å². The van der Waals surface area contributed by atoms with Crippen LogP contribution in [0, 0.1) is 5.92 Å². The Kier molecular flexibility index (Phi) is 8.03. The van der Waals surface area contributed by atoms with Crippen molar-refractivity contribution in [3.63, 3.8) is 0 Å². The van der Waals surface area contributed by atoms with Crippen LogP contribution in [0.1, 0.15) is 13.8 Å². The Morgan fingerprint density at radius 2 is 1.96 bits per heavy atom. The highest BCUT2D eigenvalue weighted by molar-refractivity contribution is 8.14. The number of aliphatic hydroxyl groups excluding tert-OH is 2. The molecule has 0 bridgehead atoms. The molecule has 2 rings (SSSR count). The van der Waals surface area contributed by atoms with Gasteiger partial charge in [-0.05, 0) is 23.5 Å². The Balaban J connectivity index is 2.02. The Labute approximate surface area is 177 Å². The van der Waals surface area contributed by atoms with Gasteiger partial charge in [-0.25, -0.2) is 17.9 Å². The highest BCUT2D eigenvalue weighted by Gasteiger charge is 2.40. The molecular formula is C16H21Cl2N3O5S2. The first-order chi connectivity index (χ1) is 13.1. The third-order valence-corrected chi connectivity index (χ3v) is 8.32. The quantitative estimate of drug-likeness (QED) is 0.416. The van der Waals surface area contributed by atoms with Crippen LogP contribution in [0.5, 0.6) is 0 Å². The van der Waals surface area contributed by atoms with Crippen LogP contribution in [-0.2, 0) is 10.0 Å². The molecule has 0 saturated heterocycles. The Bertz CT molecular complexity index is 864. The van der Waals surface area contributed by atoms with Crippen molar-refractivity contribution in [3.05, 3.63) is 39.3 Å². The van der Waals surface area contributed by atoms with Crippen molar-refractivity contribution in [2.24, 2.45) is 5.92 Å². The average molecular weight is 470 g/mol. The van der Waals surface area contributed by atoms with E-state index in [9.17, 15) is 23.4 Å². The van der Waals surface area contributed by atoms with Crippen molar-refractivity contribution in [1.82, 2.24) is 10.0 Å². The van der Waals surface area contributed by atoms with Crippen molar-refractivity contribution >= 4 is 56.7 Å². The molecule has 28 heavy (non-hydrogen) atoms. The molecular weight excluding hydrogens is 449 g/mol. The predicted molar refractivity (Wildman–Crippen MR) is 112 cm³/mol. The highest BCUT2D eigenvalue weighted by Crippen LogP contribution is 2.33. The Morgan fingerprint density at radius 1 is 1.29 bits per heavy atom. The molecule has 156 valence electrons. The average Bonchev–Trinajstić information content (AvgIpc) is 2.98. The lowest BCUT2D eigenvalue weighted by Gasteiger charge is -2.24. The van der Waals surface area contributed by atoms with Crippen molar-refractivity contribution < 1.29 is 23.4 Å². The normalized spacial score (nSPS) is 20.8. The zero-order valence-corrected chi connectivity index (χ0v) is 18.2. The summed E-state index contributed by atoms with van der Waals surface area (Å²) in [5.41, 5.74) is 0.294. The predicted octanol–water partition coefficient (Wildman–Crippen LogP) is 2.33. The third-order valence-electron chi connectivity index (χ3n) is 3.99. The van der Waals surface area contributed by atoms with Crippen LogP contribution >= 0.6 is 35.0 Å². The van der Waals surface area contributed by atoms with E-state index in [0.717, 1.165) is 11.8 Å². The van der Waals surface area contributed by atoms with Gasteiger partial charge in [-0.2, -0.15) is 0 Å². The standard InChI is InChI=1S/C16H21Cl2N3O5S2/c1-8(2)11(6-22)21-28(25,26)15-14(23)12(7-27-15)20-16(24)19-10-5-3-4-9(17)13(10)18/h3-5,7-8,11,14-15,21-23H,6H2,1-2H3,(H2,19,20,24)/t11-,14?,15?/m1/s1. The van der Waals surface area contributed by atoms with Gasteiger partial charge in [-0.1, -0.05) is 43.1 Å². The van der Waals surface area contributed by atoms with Gasteiger partial charge in [0.15, 0.2) is 4.58 Å². The van der Waals surface area contributed by atoms with Crippen LogP contribution in [0.15, 0.2) is 29.3 Å². The molecule has 0 aliphatic carbocycles. The third kappa shape index (κ3) is 5.53. The fourth-order valence-corrected chi connectivity index (χ4v) is 5.75. The molecule has 0 saturated carbocycles. The molecule has 1 aliphatic rings. The largest absolute Gasteiger partial charge is 0.395 e. The summed E-state index contributed by atoms with van der Waals surface area (Å²) < 4.78 is 26.2. The number of carbonyl (C=O) groups excluding carboxylic acids is 1. The molecule has 2 unspecified atom stereocenters. The first-order valence-electron chi connectivity index (χ1n) is 8.24. The molecule has 5 N–H and O–H groups in total. The number of thioether (sulfide) groups is 1. The summed E-state index contributed by atoms with van der Waals surface area (Å²) in [5, 5.41) is 26.4. The van der Waals surface area contributed by atoms with Crippen molar-refractivity contribution in [2.75, 3.05) is 11.9 Å². The molecule has 1 aromatic carbocycles. The number of halogens is 2. The van der Waals surface area contributed by atoms with Gasteiger partial charge >= 0.3 is 6.03 Å². The number of hydrogen-bond acceptors (Lipinski definition) is 6. The fourth-order valence-electron chi connectivity index (χ4n) is 2.32. The number of anilines is 1. The van der Waals surface area contributed by atoms with E-state index in [1.165, 1.54) is 5.41 Å². The van der Waals surface area contributed by atoms with E-state index in [1.54, 1.807) is 32.0 Å². The topological polar surface area (TPSA) is 128 Å². The minimum Gasteiger partial charge on any atom is -0.395 e. The summed E-state index contributed by atoms with van der Waals surface area (Å²) in [6, 6.07) is 3.32. The summed E-state index contributed by atoms with van der Waals surface area (Å²) in [6.07, 6.45) is -1.46. The maximum atomic E-state index is 12.5. The molecule has 8 nitrogen and oxygen atoms in total. The lowest BCUT2D eigenvalue weighted by molar-refractivity contribution is 0.212. The summed E-state index contributed by atoms with van der Waals surface area (Å²) in [6.45, 7) is 3.15. The summed E-state index contributed by atoms with van der Waals surface area (Å²) in [4.78, 5) is 12.2. The number of sulfonamides is 1. The lowest BCUT2D eigenvalue weighted by Crippen LogP contribution is -2.48. The van der Waals surface area contributed by atoms with E-state index < -0.39 is 32.8 Å². The number of urea groups is 1. The van der Waals surface area contributed by atoms with E-state index in [-0.39, 0.29) is 34.0 Å². The minimum absolute atomic E-state index is 0.0288. The molecule has 1 aromatic rings. The van der Waals surface area contributed by atoms with Gasteiger partial charge in [-0.3, -0.25) is 0 Å². The van der Waals surface area contributed by atoms with E-state index in [2.05, 4.69) is 15.4 Å². The van der Waals surface area contributed by atoms with Crippen LogP contribution in [0.3, 0.4) is 0 Å². The molecule has 2 amide bonds. The maximum Gasteiger partial charge on any atom is 0.323 e. The van der Waals surface area contributed by atoms with Gasteiger partial charge in [0.2, 0.25) is 10.0 Å². The zero-order chi connectivity index (χ0) is 21.1. The molecule has 0 radical (unpaired) electrons. The van der Waals surface area contributed by atoms with Gasteiger partial charge in [0.25, 0.3) is 0 Å². The van der Waals surface area contributed by atoms with Gasteiger partial charge in [0, 0.05) is 6.04 Å². The molecule has 1 aliphatic heterocycles. The summed E-state index contributed by atoms with van der Waals surface area (Å²) in [5.74, 6) is -0.137. The van der Waals surface area contributed by atoms with E-state index in [4.69, 9.17) is 23.2 Å². The van der Waals surface area contributed by atoms with Crippen LogP contribution in [-0.4, -0.2) is 48.0 Å². The molecule has 0 fully saturated rings. The molecule has 0 spiro atoms. The van der Waals surface area contributed by atoms with Gasteiger partial charge < -0.3 is 20.8 Å². The zero-order valence-electron chi connectivity index (χ0n) is 15.0. The number of amides is 2. The second kappa shape index (κ2) is 9.66. The second-order valence-electron chi connectivity index (χ2n) is 6.40. The number of aliphatic hydroxyl groups is 2. The van der Waals surface area contributed by atoms with Crippen LogP contribution in [0.25, 0.3) is 0 Å². The van der Waals surface area contributed by atoms with Crippen LogP contribution in [0.2, 0.25) is 10.0 Å². The number of carbonyl (C=O) groups is 1. The summed E-state index contributed by atoms with van der Waals surface area (Å²) >= 11 is 12.7. The SMILES string of the molecule is CC(C)[C@@H](CO)NS(=O)(=O)C1SC=C(NC(=O)Nc2cccc(Cl)c2Cl)C1O. The van der Waals surface area contributed by atoms with E-state index in [0.29, 0.717) is 0 Å². The first kappa shape index (κ1) is 23.3. The highest BCUT2D eigenvalue weighted by atomic mass is 35.5. The van der Waals surface area contributed by atoms with Crippen molar-refractivity contribution in [3.8, 4) is 0 Å². The Hall–Kier alpha value is -1.01. The number of rotatable bonds is 7. The smallest absolute Gasteiger partial charge is 0.323 e. The minimum atomic E-state index is -3.96. The molecule has 12 heteroatoms. The summed E-state index contributed by atoms with van der Waals surface area (Å²) in [7, 11) is -3.96. The van der Waals surface area contributed by atoms with Crippen molar-refractivity contribution in [1.29, 1.82) is 0 Å². The van der Waals surface area contributed by atoms with Crippen LogP contribution in [0.4, 0.5) is 10.5 Å². The lowest BCUT2D eigenvalue weighted by atomic mass is 10.1. The second-order valence-corrected chi connectivity index (χ2v) is 10.3. The number of benzene rings is 1. The van der Waals surface area contributed by atoms with Crippen LogP contribution < -0.4 is 15.4 Å². The molecule has 3 atom stereocenters. The van der Waals surface area contributed by atoms with Gasteiger partial charge in [-0.15, -0.1) is 11.8 Å². The van der Waals surface area contributed by atoms with Gasteiger partial charge in [0.1, 0.15) is 6.10 Å². The molecule has 0 aromatic heterocycles.